The smallest absolute Gasteiger partial charge is 0.329 e. The maximum atomic E-state index is 12.2. The average Bonchev–Trinajstić information content (AvgIpc) is 2.86. The number of thioether (sulfide) groups is 1. The molecule has 9 heteroatoms. The molecule has 126 valence electrons. The molecule has 0 fully saturated rings. The van der Waals surface area contributed by atoms with E-state index in [1.54, 1.807) is 11.6 Å². The number of amides is 1. The first-order valence-corrected chi connectivity index (χ1v) is 8.44. The van der Waals surface area contributed by atoms with Gasteiger partial charge in [-0.2, -0.15) is 0 Å². The lowest BCUT2D eigenvalue weighted by atomic mass is 10.3. The fraction of sp³-hybridized carbons (Fsp3) is 0.571. The predicted molar refractivity (Wildman–Crippen MR) is 89.6 cm³/mol. The van der Waals surface area contributed by atoms with E-state index in [0.717, 1.165) is 12.8 Å². The summed E-state index contributed by atoms with van der Waals surface area (Å²) >= 11 is 1.23. The van der Waals surface area contributed by atoms with Gasteiger partial charge in [-0.05, 0) is 12.8 Å². The van der Waals surface area contributed by atoms with E-state index < -0.39 is 22.4 Å². The van der Waals surface area contributed by atoms with E-state index in [2.05, 4.69) is 9.97 Å². The molecule has 2 heterocycles. The normalized spacial score (nSPS) is 12.7. The highest BCUT2D eigenvalue weighted by atomic mass is 32.2. The van der Waals surface area contributed by atoms with Gasteiger partial charge in [-0.15, -0.1) is 0 Å². The van der Waals surface area contributed by atoms with Crippen molar-refractivity contribution in [3.63, 3.8) is 0 Å². The maximum absolute atomic E-state index is 12.2. The number of hydrogen-bond acceptors (Lipinski definition) is 5. The van der Waals surface area contributed by atoms with Crippen LogP contribution in [0.3, 0.4) is 0 Å². The maximum Gasteiger partial charge on any atom is 0.329 e. The second kappa shape index (κ2) is 7.03. The van der Waals surface area contributed by atoms with Crippen molar-refractivity contribution in [1.29, 1.82) is 0 Å². The third kappa shape index (κ3) is 3.34. The Labute approximate surface area is 137 Å². The first kappa shape index (κ1) is 17.3. The van der Waals surface area contributed by atoms with Gasteiger partial charge in [0.2, 0.25) is 5.91 Å². The number of primary amides is 1. The lowest BCUT2D eigenvalue weighted by molar-refractivity contribution is -0.117. The molecular formula is C14H21N5O3S. The number of hydrogen-bond donors (Lipinski definition) is 2. The fourth-order valence-electron chi connectivity index (χ4n) is 2.30. The highest BCUT2D eigenvalue weighted by Gasteiger charge is 2.22. The van der Waals surface area contributed by atoms with Crippen LogP contribution in [0, 0.1) is 0 Å². The molecule has 0 aromatic carbocycles. The van der Waals surface area contributed by atoms with E-state index in [1.165, 1.54) is 16.3 Å². The number of unbranched alkanes of at least 4 members (excludes halogenated alkanes) is 1. The molecule has 3 N–H and O–H groups in total. The first-order valence-electron chi connectivity index (χ1n) is 7.56. The topological polar surface area (TPSA) is 116 Å². The number of carbonyl (C=O) groups is 1. The minimum Gasteiger partial charge on any atom is -0.369 e. The number of nitrogens with one attached hydrogen (secondary N) is 1. The Morgan fingerprint density at radius 3 is 2.65 bits per heavy atom. The van der Waals surface area contributed by atoms with E-state index in [0.29, 0.717) is 29.3 Å². The molecule has 2 aromatic rings. The van der Waals surface area contributed by atoms with Crippen molar-refractivity contribution < 1.29 is 4.79 Å². The molecule has 0 aliphatic heterocycles. The predicted octanol–water partition coefficient (Wildman–Crippen LogP) is 0.579. The number of aromatic amines is 1. The van der Waals surface area contributed by atoms with Crippen molar-refractivity contribution in [2.24, 2.45) is 12.8 Å². The number of fused-ring (bicyclic) bond motifs is 1. The van der Waals surface area contributed by atoms with Crippen LogP contribution in [-0.4, -0.2) is 30.3 Å². The molecule has 23 heavy (non-hydrogen) atoms. The third-order valence-electron chi connectivity index (χ3n) is 3.64. The summed E-state index contributed by atoms with van der Waals surface area (Å²) in [7, 11) is 1.55. The zero-order valence-corrected chi connectivity index (χ0v) is 14.3. The lowest BCUT2D eigenvalue weighted by Gasteiger charge is -2.12. The van der Waals surface area contributed by atoms with Gasteiger partial charge in [0.05, 0.1) is 5.25 Å². The summed E-state index contributed by atoms with van der Waals surface area (Å²) in [5.41, 5.74) is 5.09. The summed E-state index contributed by atoms with van der Waals surface area (Å²) in [5.74, 6) is -0.422. The molecule has 8 nitrogen and oxygen atoms in total. The second-order valence-corrected chi connectivity index (χ2v) is 6.48. The van der Waals surface area contributed by atoms with Gasteiger partial charge >= 0.3 is 5.69 Å². The minimum atomic E-state index is -0.513. The summed E-state index contributed by atoms with van der Waals surface area (Å²) in [6, 6.07) is 0. The van der Waals surface area contributed by atoms with Crippen LogP contribution in [-0.2, 0) is 18.4 Å². The Bertz CT molecular complexity index is 835. The summed E-state index contributed by atoms with van der Waals surface area (Å²) < 4.78 is 3.07. The van der Waals surface area contributed by atoms with Crippen LogP contribution in [0.1, 0.15) is 33.1 Å². The van der Waals surface area contributed by atoms with Gasteiger partial charge in [0.15, 0.2) is 16.3 Å². The van der Waals surface area contributed by atoms with E-state index >= 15 is 0 Å². The van der Waals surface area contributed by atoms with Gasteiger partial charge < -0.3 is 10.3 Å². The van der Waals surface area contributed by atoms with E-state index in [1.807, 2.05) is 13.8 Å². The van der Waals surface area contributed by atoms with Crippen LogP contribution in [0.4, 0.5) is 0 Å². The summed E-state index contributed by atoms with van der Waals surface area (Å²) in [6.07, 6.45) is 2.36. The molecular weight excluding hydrogens is 318 g/mol. The molecule has 0 aliphatic rings. The van der Waals surface area contributed by atoms with Crippen molar-refractivity contribution in [2.75, 3.05) is 0 Å². The molecule has 1 unspecified atom stereocenters. The molecule has 0 aliphatic carbocycles. The average molecular weight is 339 g/mol. The second-order valence-electron chi connectivity index (χ2n) is 5.31. The largest absolute Gasteiger partial charge is 0.369 e. The van der Waals surface area contributed by atoms with Crippen molar-refractivity contribution in [3.8, 4) is 0 Å². The number of rotatable bonds is 7. The standard InChI is InChI=1S/C14H21N5O3S/c1-4-6-7-19-9-11(18(3)13(22)17-12(9)21)16-14(19)23-8(5-2)10(15)20/h8H,4-7H2,1-3H3,(H2,15,20)(H,17,21,22). The van der Waals surface area contributed by atoms with Crippen molar-refractivity contribution >= 4 is 28.8 Å². The first-order chi connectivity index (χ1) is 10.9. The summed E-state index contributed by atoms with van der Waals surface area (Å²) in [5, 5.41) is 0.106. The number of aromatic nitrogens is 4. The molecule has 2 rings (SSSR count). The Morgan fingerprint density at radius 2 is 2.09 bits per heavy atom. The lowest BCUT2D eigenvalue weighted by Crippen LogP contribution is -2.29. The van der Waals surface area contributed by atoms with Crippen LogP contribution < -0.4 is 17.0 Å². The van der Waals surface area contributed by atoms with Gasteiger partial charge in [-0.25, -0.2) is 9.78 Å². The van der Waals surface area contributed by atoms with Crippen LogP contribution >= 0.6 is 11.8 Å². The number of nitrogens with zero attached hydrogens (tertiary/aromatic N) is 3. The third-order valence-corrected chi connectivity index (χ3v) is 5.02. The number of imidazole rings is 1. The molecule has 0 saturated carbocycles. The molecule has 1 amide bonds. The summed E-state index contributed by atoms with van der Waals surface area (Å²) in [6.45, 7) is 4.50. The fourth-order valence-corrected chi connectivity index (χ4v) is 3.28. The van der Waals surface area contributed by atoms with Crippen molar-refractivity contribution in [2.45, 2.75) is 50.1 Å². The quantitative estimate of drug-likeness (QED) is 0.716. The molecule has 0 saturated heterocycles. The number of H-pyrrole nitrogens is 1. The minimum absolute atomic E-state index is 0.316. The van der Waals surface area contributed by atoms with Crippen molar-refractivity contribution in [3.05, 3.63) is 20.8 Å². The van der Waals surface area contributed by atoms with Crippen LogP contribution in [0.25, 0.3) is 11.2 Å². The highest BCUT2D eigenvalue weighted by molar-refractivity contribution is 8.00. The Kier molecular flexibility index (Phi) is 5.30. The molecule has 1 atom stereocenters. The Hall–Kier alpha value is -2.03. The van der Waals surface area contributed by atoms with Crippen LogP contribution in [0.5, 0.6) is 0 Å². The summed E-state index contributed by atoms with van der Waals surface area (Å²) in [4.78, 5) is 42.2. The molecule has 0 bridgehead atoms. The van der Waals surface area contributed by atoms with E-state index in [4.69, 9.17) is 5.73 Å². The number of carbonyl (C=O) groups excluding carboxylic acids is 1. The van der Waals surface area contributed by atoms with E-state index in [9.17, 15) is 14.4 Å². The van der Waals surface area contributed by atoms with Gasteiger partial charge in [0.25, 0.3) is 5.56 Å². The highest BCUT2D eigenvalue weighted by Crippen LogP contribution is 2.27. The Balaban J connectivity index is 2.65. The van der Waals surface area contributed by atoms with Gasteiger partial charge in [-0.1, -0.05) is 32.0 Å². The molecule has 0 spiro atoms. The van der Waals surface area contributed by atoms with Gasteiger partial charge in [-0.3, -0.25) is 19.1 Å². The van der Waals surface area contributed by atoms with Crippen LogP contribution in [0.2, 0.25) is 0 Å². The molecule has 2 aromatic heterocycles. The van der Waals surface area contributed by atoms with Crippen LogP contribution in [0.15, 0.2) is 14.7 Å². The van der Waals surface area contributed by atoms with Crippen molar-refractivity contribution in [1.82, 2.24) is 19.1 Å². The number of nitrogens with two attached hydrogens (primary N) is 1. The zero-order valence-electron chi connectivity index (χ0n) is 13.5. The monoisotopic (exact) mass is 339 g/mol. The number of aryl methyl sites for hydroxylation is 2. The van der Waals surface area contributed by atoms with Gasteiger partial charge in [0.1, 0.15) is 0 Å². The SMILES string of the molecule is CCCCn1c(SC(CC)C(N)=O)nc2c1c(=O)[nH]c(=O)n2C. The van der Waals surface area contributed by atoms with E-state index in [-0.39, 0.29) is 0 Å². The zero-order chi connectivity index (χ0) is 17.1. The van der Waals surface area contributed by atoms with Gasteiger partial charge in [0, 0.05) is 13.6 Å². The molecule has 0 radical (unpaired) electrons. The Morgan fingerprint density at radius 1 is 1.39 bits per heavy atom.